The molecule has 5 heteroatoms. The number of hydrogen-bond donors (Lipinski definition) is 0. The predicted molar refractivity (Wildman–Crippen MR) is 73.5 cm³/mol. The van der Waals surface area contributed by atoms with Crippen molar-refractivity contribution in [3.8, 4) is 0 Å². The molecular formula is C12H22BrN3O. The van der Waals surface area contributed by atoms with Gasteiger partial charge in [0.15, 0.2) is 0 Å². The van der Waals surface area contributed by atoms with E-state index in [1.54, 1.807) is 7.11 Å². The van der Waals surface area contributed by atoms with Crippen LogP contribution in [0.15, 0.2) is 6.07 Å². The molecule has 1 aromatic rings. The summed E-state index contributed by atoms with van der Waals surface area (Å²) in [6, 6.07) is 2.19. The monoisotopic (exact) mass is 303 g/mol. The fourth-order valence-electron chi connectivity index (χ4n) is 1.73. The number of methoxy groups -OCH3 is 1. The molecule has 0 aliphatic rings. The van der Waals surface area contributed by atoms with Crippen LogP contribution in [0.4, 0.5) is 0 Å². The number of aromatic nitrogens is 2. The molecule has 98 valence electrons. The van der Waals surface area contributed by atoms with Crippen LogP contribution in [0.3, 0.4) is 0 Å². The lowest BCUT2D eigenvalue weighted by molar-refractivity contribution is 0.147. The zero-order valence-corrected chi connectivity index (χ0v) is 12.5. The van der Waals surface area contributed by atoms with E-state index in [-0.39, 0.29) is 0 Å². The molecule has 0 unspecified atom stereocenters. The third kappa shape index (κ3) is 4.77. The van der Waals surface area contributed by atoms with Crippen molar-refractivity contribution in [2.45, 2.75) is 19.9 Å². The second-order valence-corrected chi connectivity index (χ2v) is 4.86. The molecule has 0 aromatic carbocycles. The second-order valence-electron chi connectivity index (χ2n) is 4.06. The first kappa shape index (κ1) is 14.7. The van der Waals surface area contributed by atoms with Crippen LogP contribution in [0, 0.1) is 0 Å². The minimum absolute atomic E-state index is 0.769. The number of hydrogen-bond acceptors (Lipinski definition) is 3. The minimum atomic E-state index is 0.769. The Balaban J connectivity index is 2.60. The van der Waals surface area contributed by atoms with E-state index in [9.17, 15) is 0 Å². The molecule has 0 amide bonds. The number of nitrogens with zero attached hydrogens (tertiary/aromatic N) is 3. The Hall–Kier alpha value is -0.390. The predicted octanol–water partition coefficient (Wildman–Crippen LogP) is 1.83. The van der Waals surface area contributed by atoms with Crippen LogP contribution in [-0.2, 0) is 24.8 Å². The summed E-state index contributed by atoms with van der Waals surface area (Å²) < 4.78 is 7.11. The summed E-state index contributed by atoms with van der Waals surface area (Å²) in [6.07, 6.45) is 0.990. The number of ether oxygens (including phenoxy) is 1. The number of rotatable bonds is 8. The second kappa shape index (κ2) is 7.84. The number of alkyl halides is 1. The molecule has 4 nitrogen and oxygen atoms in total. The lowest BCUT2D eigenvalue weighted by Gasteiger charge is -2.20. The summed E-state index contributed by atoms with van der Waals surface area (Å²) in [5.41, 5.74) is 2.42. The first-order chi connectivity index (χ1) is 8.21. The van der Waals surface area contributed by atoms with Crippen LogP contribution in [-0.4, -0.2) is 46.8 Å². The minimum Gasteiger partial charge on any atom is -0.383 e. The molecule has 0 aliphatic heterocycles. The summed E-state index contributed by atoms with van der Waals surface area (Å²) in [7, 11) is 3.75. The van der Waals surface area contributed by atoms with Crippen molar-refractivity contribution in [3.63, 3.8) is 0 Å². The van der Waals surface area contributed by atoms with Crippen LogP contribution in [0.1, 0.15) is 18.3 Å². The van der Waals surface area contributed by atoms with Crippen molar-refractivity contribution in [2.24, 2.45) is 7.05 Å². The van der Waals surface area contributed by atoms with Gasteiger partial charge in [-0.15, -0.1) is 0 Å². The Labute approximate surface area is 112 Å². The number of halogens is 1. The molecule has 0 aliphatic carbocycles. The van der Waals surface area contributed by atoms with Crippen molar-refractivity contribution >= 4 is 15.9 Å². The van der Waals surface area contributed by atoms with E-state index in [1.807, 2.05) is 11.7 Å². The summed E-state index contributed by atoms with van der Waals surface area (Å²) in [4.78, 5) is 2.37. The first-order valence-corrected chi connectivity index (χ1v) is 7.12. The molecule has 0 N–H and O–H groups in total. The van der Waals surface area contributed by atoms with Crippen LogP contribution in [0.25, 0.3) is 0 Å². The van der Waals surface area contributed by atoms with Crippen molar-refractivity contribution in [1.82, 2.24) is 14.7 Å². The highest BCUT2D eigenvalue weighted by Gasteiger charge is 2.09. The molecule has 17 heavy (non-hydrogen) atoms. The van der Waals surface area contributed by atoms with Gasteiger partial charge in [-0.05, 0) is 12.5 Å². The van der Waals surface area contributed by atoms with E-state index in [2.05, 4.69) is 38.9 Å². The highest BCUT2D eigenvalue weighted by atomic mass is 79.9. The maximum Gasteiger partial charge on any atom is 0.0625 e. The van der Waals surface area contributed by atoms with Gasteiger partial charge < -0.3 is 4.74 Å². The highest BCUT2D eigenvalue weighted by Crippen LogP contribution is 2.08. The summed E-state index contributed by atoms with van der Waals surface area (Å²) in [5.74, 6) is 0. The SMILES string of the molecule is CCc1cc(CN(CCBr)CCOC)n(C)n1. The van der Waals surface area contributed by atoms with Crippen molar-refractivity contribution in [1.29, 1.82) is 0 Å². The molecular weight excluding hydrogens is 282 g/mol. The lowest BCUT2D eigenvalue weighted by Crippen LogP contribution is -2.29. The first-order valence-electron chi connectivity index (χ1n) is 6.00. The van der Waals surface area contributed by atoms with E-state index in [4.69, 9.17) is 4.74 Å². The summed E-state index contributed by atoms with van der Waals surface area (Å²) >= 11 is 3.49. The van der Waals surface area contributed by atoms with Gasteiger partial charge in [-0.3, -0.25) is 9.58 Å². The average molecular weight is 304 g/mol. The Bertz CT molecular complexity index is 328. The van der Waals surface area contributed by atoms with Crippen molar-refractivity contribution < 1.29 is 4.74 Å². The van der Waals surface area contributed by atoms with Gasteiger partial charge in [-0.25, -0.2) is 0 Å². The molecule has 0 bridgehead atoms. The fraction of sp³-hybridized carbons (Fsp3) is 0.750. The maximum atomic E-state index is 5.13. The molecule has 0 fully saturated rings. The van der Waals surface area contributed by atoms with Crippen LogP contribution in [0.2, 0.25) is 0 Å². The van der Waals surface area contributed by atoms with E-state index >= 15 is 0 Å². The Kier molecular flexibility index (Phi) is 6.77. The topological polar surface area (TPSA) is 30.3 Å². The molecule has 1 aromatic heterocycles. The third-order valence-corrected chi connectivity index (χ3v) is 3.14. The van der Waals surface area contributed by atoms with Crippen LogP contribution >= 0.6 is 15.9 Å². The molecule has 0 atom stereocenters. The van der Waals surface area contributed by atoms with Gasteiger partial charge >= 0.3 is 0 Å². The van der Waals surface area contributed by atoms with Gasteiger partial charge in [0.1, 0.15) is 0 Å². The van der Waals surface area contributed by atoms with Gasteiger partial charge in [0.2, 0.25) is 0 Å². The summed E-state index contributed by atoms with van der Waals surface area (Å²) in [5, 5.41) is 5.45. The normalized spacial score (nSPS) is 11.4. The lowest BCUT2D eigenvalue weighted by atomic mass is 10.3. The standard InChI is InChI=1S/C12H22BrN3O/c1-4-11-9-12(15(2)14-11)10-16(6-5-13)7-8-17-3/h9H,4-8,10H2,1-3H3. The smallest absolute Gasteiger partial charge is 0.0625 e. The van der Waals surface area contributed by atoms with Gasteiger partial charge in [0, 0.05) is 39.1 Å². The van der Waals surface area contributed by atoms with Gasteiger partial charge in [-0.1, -0.05) is 22.9 Å². The molecule has 0 radical (unpaired) electrons. The van der Waals surface area contributed by atoms with E-state index < -0.39 is 0 Å². The van der Waals surface area contributed by atoms with Gasteiger partial charge in [0.25, 0.3) is 0 Å². The maximum absolute atomic E-state index is 5.13. The largest absolute Gasteiger partial charge is 0.383 e. The van der Waals surface area contributed by atoms with Crippen molar-refractivity contribution in [3.05, 3.63) is 17.5 Å². The van der Waals surface area contributed by atoms with Crippen LogP contribution in [0.5, 0.6) is 0 Å². The highest BCUT2D eigenvalue weighted by molar-refractivity contribution is 9.09. The molecule has 0 saturated carbocycles. The molecule has 0 saturated heterocycles. The molecule has 1 heterocycles. The van der Waals surface area contributed by atoms with E-state index in [1.165, 1.54) is 5.69 Å². The zero-order valence-electron chi connectivity index (χ0n) is 10.9. The van der Waals surface area contributed by atoms with Crippen LogP contribution < -0.4 is 0 Å². The van der Waals surface area contributed by atoms with Gasteiger partial charge in [-0.2, -0.15) is 5.10 Å². The fourth-order valence-corrected chi connectivity index (χ4v) is 2.23. The van der Waals surface area contributed by atoms with Gasteiger partial charge in [0.05, 0.1) is 18.0 Å². The third-order valence-electron chi connectivity index (χ3n) is 2.79. The number of aryl methyl sites for hydroxylation is 2. The summed E-state index contributed by atoms with van der Waals surface area (Å²) in [6.45, 7) is 5.81. The molecule has 1 rings (SSSR count). The van der Waals surface area contributed by atoms with E-state index in [0.29, 0.717) is 0 Å². The average Bonchev–Trinajstić information content (AvgIpc) is 2.67. The zero-order chi connectivity index (χ0) is 12.7. The van der Waals surface area contributed by atoms with Crippen molar-refractivity contribution in [2.75, 3.05) is 32.1 Å². The quantitative estimate of drug-likeness (QED) is 0.686. The Morgan fingerprint density at radius 3 is 2.76 bits per heavy atom. The van der Waals surface area contributed by atoms with E-state index in [0.717, 1.165) is 43.7 Å². The Morgan fingerprint density at radius 1 is 1.47 bits per heavy atom. The molecule has 0 spiro atoms. The Morgan fingerprint density at radius 2 is 2.24 bits per heavy atom.